The van der Waals surface area contributed by atoms with Crippen molar-refractivity contribution in [3.63, 3.8) is 0 Å². The number of carbonyl (C=O) groups is 1. The van der Waals surface area contributed by atoms with Gasteiger partial charge in [-0.15, -0.1) is 0 Å². The highest BCUT2D eigenvalue weighted by atomic mass is 32.1. The van der Waals surface area contributed by atoms with Crippen molar-refractivity contribution in [3.05, 3.63) is 0 Å². The SMILES string of the molecule is CC1(O)CCN(C(=O)C2(C(N)=S)CCCC2)CC1. The van der Waals surface area contributed by atoms with Gasteiger partial charge in [0, 0.05) is 13.1 Å². The predicted molar refractivity (Wildman–Crippen MR) is 74.1 cm³/mol. The van der Waals surface area contributed by atoms with Gasteiger partial charge in [-0.1, -0.05) is 25.1 Å². The lowest BCUT2D eigenvalue weighted by Crippen LogP contribution is -2.53. The molecule has 0 spiro atoms. The molecule has 0 aromatic heterocycles. The summed E-state index contributed by atoms with van der Waals surface area (Å²) < 4.78 is 0. The van der Waals surface area contributed by atoms with Crippen molar-refractivity contribution in [3.8, 4) is 0 Å². The van der Waals surface area contributed by atoms with Gasteiger partial charge in [-0.3, -0.25) is 4.79 Å². The summed E-state index contributed by atoms with van der Waals surface area (Å²) in [6.45, 7) is 3.04. The molecule has 102 valence electrons. The minimum absolute atomic E-state index is 0.0861. The molecule has 0 atom stereocenters. The summed E-state index contributed by atoms with van der Waals surface area (Å²) in [6, 6.07) is 0. The minimum atomic E-state index is -0.636. The van der Waals surface area contributed by atoms with Crippen molar-refractivity contribution in [2.75, 3.05) is 13.1 Å². The van der Waals surface area contributed by atoms with Gasteiger partial charge >= 0.3 is 0 Å². The van der Waals surface area contributed by atoms with E-state index in [9.17, 15) is 9.90 Å². The fourth-order valence-electron chi connectivity index (χ4n) is 3.04. The molecule has 3 N–H and O–H groups in total. The van der Waals surface area contributed by atoms with E-state index in [1.807, 2.05) is 11.8 Å². The number of hydrogen-bond donors (Lipinski definition) is 2. The van der Waals surface area contributed by atoms with E-state index in [1.165, 1.54) is 0 Å². The second-order valence-corrected chi connectivity index (χ2v) is 6.38. The van der Waals surface area contributed by atoms with Gasteiger partial charge in [0.25, 0.3) is 0 Å². The smallest absolute Gasteiger partial charge is 0.235 e. The lowest BCUT2D eigenvalue weighted by molar-refractivity contribution is -0.141. The Labute approximate surface area is 114 Å². The monoisotopic (exact) mass is 270 g/mol. The first-order valence-corrected chi connectivity index (χ1v) is 7.10. The van der Waals surface area contributed by atoms with Crippen LogP contribution in [0.25, 0.3) is 0 Å². The van der Waals surface area contributed by atoms with Crippen molar-refractivity contribution < 1.29 is 9.90 Å². The molecule has 18 heavy (non-hydrogen) atoms. The first-order valence-electron chi connectivity index (χ1n) is 6.69. The van der Waals surface area contributed by atoms with Crippen LogP contribution in [-0.4, -0.2) is 39.6 Å². The Morgan fingerprint density at radius 1 is 1.22 bits per heavy atom. The number of rotatable bonds is 2. The van der Waals surface area contributed by atoms with Gasteiger partial charge in [-0.05, 0) is 32.6 Å². The summed E-state index contributed by atoms with van der Waals surface area (Å²) in [5.74, 6) is 0.0861. The zero-order chi connectivity index (χ0) is 13.4. The zero-order valence-electron chi connectivity index (χ0n) is 10.9. The molecule has 4 nitrogen and oxygen atoms in total. The highest BCUT2D eigenvalue weighted by Crippen LogP contribution is 2.41. The maximum absolute atomic E-state index is 12.7. The number of thiocarbonyl (C=S) groups is 1. The lowest BCUT2D eigenvalue weighted by Gasteiger charge is -2.40. The summed E-state index contributed by atoms with van der Waals surface area (Å²) in [6.07, 6.45) is 4.88. The molecule has 1 aliphatic heterocycles. The lowest BCUT2D eigenvalue weighted by atomic mass is 9.83. The average molecular weight is 270 g/mol. The molecule has 5 heteroatoms. The molecule has 2 rings (SSSR count). The summed E-state index contributed by atoms with van der Waals surface area (Å²) in [5.41, 5.74) is 4.59. The third-order valence-electron chi connectivity index (χ3n) is 4.47. The number of piperidine rings is 1. The van der Waals surface area contributed by atoms with Crippen molar-refractivity contribution in [2.45, 2.75) is 51.0 Å². The second kappa shape index (κ2) is 4.78. The molecule has 0 aromatic rings. The third-order valence-corrected chi connectivity index (χ3v) is 4.86. The molecule has 0 radical (unpaired) electrons. The fraction of sp³-hybridized carbons (Fsp3) is 0.846. The van der Waals surface area contributed by atoms with Gasteiger partial charge < -0.3 is 15.7 Å². The van der Waals surface area contributed by atoms with E-state index in [0.29, 0.717) is 30.9 Å². The van der Waals surface area contributed by atoms with E-state index in [2.05, 4.69) is 0 Å². The number of nitrogens with zero attached hydrogens (tertiary/aromatic N) is 1. The van der Waals surface area contributed by atoms with Crippen LogP contribution in [0.1, 0.15) is 45.4 Å². The number of amides is 1. The van der Waals surface area contributed by atoms with Crippen molar-refractivity contribution >= 4 is 23.1 Å². The van der Waals surface area contributed by atoms with E-state index in [-0.39, 0.29) is 5.91 Å². The van der Waals surface area contributed by atoms with E-state index in [1.54, 1.807) is 0 Å². The molecule has 1 heterocycles. The van der Waals surface area contributed by atoms with Gasteiger partial charge in [-0.2, -0.15) is 0 Å². The second-order valence-electron chi connectivity index (χ2n) is 5.94. The van der Waals surface area contributed by atoms with Crippen LogP contribution in [0, 0.1) is 5.41 Å². The van der Waals surface area contributed by atoms with Crippen LogP contribution < -0.4 is 5.73 Å². The van der Waals surface area contributed by atoms with E-state index in [0.717, 1.165) is 25.7 Å². The largest absolute Gasteiger partial charge is 0.392 e. The van der Waals surface area contributed by atoms with Gasteiger partial charge in [0.05, 0.1) is 16.0 Å². The average Bonchev–Trinajstić information content (AvgIpc) is 2.78. The number of carbonyl (C=O) groups excluding carboxylic acids is 1. The standard InChI is InChI=1S/C13H22N2O2S/c1-12(17)6-8-15(9-7-12)11(16)13(10(14)18)4-2-3-5-13/h17H,2-9H2,1H3,(H2,14,18). The predicted octanol–water partition coefficient (Wildman–Crippen LogP) is 1.21. The summed E-state index contributed by atoms with van der Waals surface area (Å²) in [7, 11) is 0. The third kappa shape index (κ3) is 2.38. The Balaban J connectivity index is 2.09. The van der Waals surface area contributed by atoms with E-state index >= 15 is 0 Å². The maximum atomic E-state index is 12.7. The highest BCUT2D eigenvalue weighted by Gasteiger charge is 2.47. The van der Waals surface area contributed by atoms with Crippen LogP contribution in [0.5, 0.6) is 0 Å². The van der Waals surface area contributed by atoms with Gasteiger partial charge in [-0.25, -0.2) is 0 Å². The normalized spacial score (nSPS) is 26.0. The molecule has 0 unspecified atom stereocenters. The fourth-order valence-corrected chi connectivity index (χ4v) is 3.33. The van der Waals surface area contributed by atoms with Crippen molar-refractivity contribution in [2.24, 2.45) is 11.1 Å². The minimum Gasteiger partial charge on any atom is -0.392 e. The molecule has 0 aromatic carbocycles. The van der Waals surface area contributed by atoms with Crippen LogP contribution in [0.2, 0.25) is 0 Å². The molecule has 1 saturated heterocycles. The van der Waals surface area contributed by atoms with Crippen LogP contribution in [0.4, 0.5) is 0 Å². The summed E-state index contributed by atoms with van der Waals surface area (Å²) in [5, 5.41) is 9.92. The Morgan fingerprint density at radius 2 is 1.72 bits per heavy atom. The first kappa shape index (κ1) is 13.7. The maximum Gasteiger partial charge on any atom is 0.235 e. The number of hydrogen-bond acceptors (Lipinski definition) is 3. The van der Waals surface area contributed by atoms with Gasteiger partial charge in [0.2, 0.25) is 5.91 Å². The van der Waals surface area contributed by atoms with Crippen LogP contribution >= 0.6 is 12.2 Å². The molecule has 1 saturated carbocycles. The number of aliphatic hydroxyl groups is 1. The molecule has 1 aliphatic carbocycles. The van der Waals surface area contributed by atoms with Gasteiger partial charge in [0.1, 0.15) is 0 Å². The number of likely N-dealkylation sites (tertiary alicyclic amines) is 1. The molecular weight excluding hydrogens is 248 g/mol. The van der Waals surface area contributed by atoms with Crippen LogP contribution in [0.3, 0.4) is 0 Å². The van der Waals surface area contributed by atoms with E-state index in [4.69, 9.17) is 18.0 Å². The highest BCUT2D eigenvalue weighted by molar-refractivity contribution is 7.80. The molecule has 2 fully saturated rings. The van der Waals surface area contributed by atoms with E-state index < -0.39 is 11.0 Å². The quantitative estimate of drug-likeness (QED) is 0.740. The first-order chi connectivity index (χ1) is 8.37. The van der Waals surface area contributed by atoms with Crippen LogP contribution in [0.15, 0.2) is 0 Å². The topological polar surface area (TPSA) is 66.6 Å². The van der Waals surface area contributed by atoms with Gasteiger partial charge in [0.15, 0.2) is 0 Å². The Bertz CT molecular complexity index is 352. The van der Waals surface area contributed by atoms with Crippen LogP contribution in [-0.2, 0) is 4.79 Å². The zero-order valence-corrected chi connectivity index (χ0v) is 11.8. The molecule has 2 aliphatic rings. The Morgan fingerprint density at radius 3 is 2.17 bits per heavy atom. The summed E-state index contributed by atoms with van der Waals surface area (Å²) >= 11 is 5.14. The molecule has 1 amide bonds. The molecule has 0 bridgehead atoms. The number of nitrogens with two attached hydrogens (primary N) is 1. The van der Waals surface area contributed by atoms with Crippen molar-refractivity contribution in [1.29, 1.82) is 0 Å². The summed E-state index contributed by atoms with van der Waals surface area (Å²) in [4.78, 5) is 14.8. The Kier molecular flexibility index (Phi) is 3.65. The van der Waals surface area contributed by atoms with Crippen molar-refractivity contribution in [1.82, 2.24) is 4.90 Å². The Hall–Kier alpha value is -0.680. The molecular formula is C13H22N2O2S.